The van der Waals surface area contributed by atoms with E-state index in [1.165, 1.54) is 24.0 Å². The van der Waals surface area contributed by atoms with Gasteiger partial charge in [0.1, 0.15) is 18.0 Å². The van der Waals surface area contributed by atoms with Crippen LogP contribution in [0.25, 0.3) is 0 Å². The molecule has 1 saturated carbocycles. The fourth-order valence-electron chi connectivity index (χ4n) is 8.62. The molecule has 0 spiro atoms. The smallest absolute Gasteiger partial charge is 0.260 e. The number of carbonyl (C=O) groups is 1. The Kier molecular flexibility index (Phi) is 12.3. The molecule has 5 aliphatic rings. The molecule has 2 saturated heterocycles. The number of nitrogens with one attached hydrogen (secondary N) is 2. The third-order valence-corrected chi connectivity index (χ3v) is 13.8. The van der Waals surface area contributed by atoms with Gasteiger partial charge in [-0.1, -0.05) is 81.7 Å². The van der Waals surface area contributed by atoms with E-state index >= 15 is 0 Å². The molecule has 3 fully saturated rings. The fourth-order valence-corrected chi connectivity index (χ4v) is 10.1. The average Bonchev–Trinajstić information content (AvgIpc) is 3.65. The summed E-state index contributed by atoms with van der Waals surface area (Å²) in [5, 5.41) is 4.50. The highest BCUT2D eigenvalue weighted by molar-refractivity contribution is 8.13. The van der Waals surface area contributed by atoms with Crippen molar-refractivity contribution < 1.29 is 19.0 Å². The molecule has 1 amide bonds. The molecule has 7 nitrogen and oxygen atoms in total. The van der Waals surface area contributed by atoms with Crippen molar-refractivity contribution >= 4 is 39.7 Å². The monoisotopic (exact) mass is 711 g/mol. The number of rotatable bonds is 4. The third kappa shape index (κ3) is 8.04. The first-order valence-electron chi connectivity index (χ1n) is 18.9. The van der Waals surface area contributed by atoms with Gasteiger partial charge in [-0.3, -0.25) is 4.79 Å². The molecule has 7 rings (SSSR count). The summed E-state index contributed by atoms with van der Waals surface area (Å²) in [6.07, 6.45) is 7.99. The van der Waals surface area contributed by atoms with Crippen LogP contribution in [0.3, 0.4) is 0 Å². The van der Waals surface area contributed by atoms with E-state index in [0.717, 1.165) is 74.7 Å². The number of amides is 1. The Morgan fingerprint density at radius 1 is 0.980 bits per heavy atom. The molecule has 0 aromatic heterocycles. The van der Waals surface area contributed by atoms with E-state index in [2.05, 4.69) is 59.8 Å². The number of aryl methyl sites for hydroxylation is 1. The van der Waals surface area contributed by atoms with Crippen molar-refractivity contribution in [2.24, 2.45) is 23.7 Å². The van der Waals surface area contributed by atoms with Crippen molar-refractivity contribution in [2.45, 2.75) is 109 Å². The van der Waals surface area contributed by atoms with Crippen LogP contribution in [-0.4, -0.2) is 68.3 Å². The molecule has 2 bridgehead atoms. The molecule has 0 radical (unpaired) electrons. The van der Waals surface area contributed by atoms with E-state index < -0.39 is 10.7 Å². The maximum Gasteiger partial charge on any atom is 0.260 e. The van der Waals surface area contributed by atoms with Gasteiger partial charge >= 0.3 is 0 Å². The Balaban J connectivity index is 0.00000205. The van der Waals surface area contributed by atoms with Crippen molar-refractivity contribution in [3.05, 3.63) is 58.1 Å². The van der Waals surface area contributed by atoms with E-state index in [9.17, 15) is 4.79 Å². The van der Waals surface area contributed by atoms with Crippen LogP contribution >= 0.6 is 22.3 Å². The lowest BCUT2D eigenvalue weighted by Gasteiger charge is -2.46. The molecule has 4 aliphatic heterocycles. The maximum atomic E-state index is 13.6. The number of carbonyl (C=O) groups excluding carboxylic acids is 1. The number of halogens is 1. The van der Waals surface area contributed by atoms with Crippen LogP contribution < -0.4 is 19.7 Å². The largest absolute Gasteiger partial charge is 0.491 e. The van der Waals surface area contributed by atoms with Gasteiger partial charge in [0.05, 0.1) is 12.3 Å². The van der Waals surface area contributed by atoms with Crippen molar-refractivity contribution in [3.8, 4) is 5.75 Å². The molecular formula is C40H58ClN3O4S. The highest BCUT2D eigenvalue weighted by atomic mass is 35.5. The fraction of sp³-hybridized carbons (Fsp3) is 0.650. The number of nitrogens with zero attached hydrogens (tertiary/aromatic N) is 1. The minimum atomic E-state index is -0.497. The van der Waals surface area contributed by atoms with E-state index in [4.69, 9.17) is 25.8 Å². The van der Waals surface area contributed by atoms with Gasteiger partial charge in [-0.15, -0.1) is 0 Å². The second-order valence-electron chi connectivity index (χ2n) is 14.7. The quantitative estimate of drug-likeness (QED) is 0.312. The van der Waals surface area contributed by atoms with Crippen LogP contribution in [0, 0.1) is 23.7 Å². The molecule has 2 N–H and O–H groups in total. The highest BCUT2D eigenvalue weighted by Crippen LogP contribution is 2.48. The number of ether oxygens (including phenoxy) is 3. The van der Waals surface area contributed by atoms with Crippen molar-refractivity contribution in [1.29, 1.82) is 0 Å². The molecule has 49 heavy (non-hydrogen) atoms. The number of hydrogen-bond donors (Lipinski definition) is 2. The maximum absolute atomic E-state index is 13.6. The van der Waals surface area contributed by atoms with Crippen molar-refractivity contribution in [3.63, 3.8) is 0 Å². The standard InChI is InChI=1S/C38H52ClN3O4S.C2H6/c1-5-7-25-16-29(39)12-14-30(25)28-21-42-20-27-10-13-31(27)32(38-45-35-18-40-19-36(35)46-38)9-6-8-23(2)24(3)47(4)41-37(43)26-11-15-34(44-22-28)33(42)17-26;1-2/h11-12,14-17,23-24,27-28,31-32,35-36,38,40H,4-10,13,18-22H2,1-3H3,(H,41,43);1-2H3. The highest BCUT2D eigenvalue weighted by Gasteiger charge is 2.48. The van der Waals surface area contributed by atoms with Crippen molar-refractivity contribution in [2.75, 3.05) is 37.7 Å². The summed E-state index contributed by atoms with van der Waals surface area (Å²) < 4.78 is 23.1. The SMILES string of the molecule is C=S1NC(=O)c2ccc3c(c2)N(CC(c2ccc(Cl)cc2CCC)CO3)CC2CCC2C(C2OC3CNCC3O2)CCCC(C)C1C.CC. The van der Waals surface area contributed by atoms with E-state index in [-0.39, 0.29) is 35.6 Å². The number of anilines is 1. The zero-order chi connectivity index (χ0) is 34.7. The molecule has 4 heterocycles. The summed E-state index contributed by atoms with van der Waals surface area (Å²) in [7, 11) is -0.497. The summed E-state index contributed by atoms with van der Waals surface area (Å²) in [5.74, 6) is 7.28. The van der Waals surface area contributed by atoms with Gasteiger partial charge in [0, 0.05) is 53.9 Å². The van der Waals surface area contributed by atoms with E-state index in [1.807, 2.05) is 32.0 Å². The Hall–Kier alpha value is -2.10. The lowest BCUT2D eigenvalue weighted by atomic mass is 9.65. The summed E-state index contributed by atoms with van der Waals surface area (Å²) in [4.78, 5) is 16.2. The molecule has 2 aromatic carbocycles. The number of hydrogen-bond acceptors (Lipinski definition) is 6. The molecule has 1 aliphatic carbocycles. The first-order chi connectivity index (χ1) is 23.8. The molecule has 9 atom stereocenters. The topological polar surface area (TPSA) is 72.1 Å². The minimum absolute atomic E-state index is 0.0573. The van der Waals surface area contributed by atoms with Gasteiger partial charge in [0.2, 0.25) is 0 Å². The van der Waals surface area contributed by atoms with Gasteiger partial charge in [-0.25, -0.2) is 0 Å². The number of benzene rings is 2. The van der Waals surface area contributed by atoms with Gasteiger partial charge < -0.3 is 29.1 Å². The van der Waals surface area contributed by atoms with Crippen LogP contribution in [0.15, 0.2) is 36.4 Å². The summed E-state index contributed by atoms with van der Waals surface area (Å²) in [6, 6.07) is 12.3. The Morgan fingerprint density at radius 2 is 1.76 bits per heavy atom. The normalized spacial score (nSPS) is 34.7. The summed E-state index contributed by atoms with van der Waals surface area (Å²) >= 11 is 6.48. The zero-order valence-corrected chi connectivity index (χ0v) is 31.8. The molecular weight excluding hydrogens is 654 g/mol. The van der Waals surface area contributed by atoms with E-state index in [1.54, 1.807) is 0 Å². The first kappa shape index (κ1) is 36.7. The lowest BCUT2D eigenvalue weighted by Crippen LogP contribution is -2.46. The minimum Gasteiger partial charge on any atom is -0.491 e. The second kappa shape index (κ2) is 16.5. The van der Waals surface area contributed by atoms with Gasteiger partial charge in [-0.2, -0.15) is 0 Å². The van der Waals surface area contributed by atoms with Gasteiger partial charge in [0.15, 0.2) is 6.29 Å². The van der Waals surface area contributed by atoms with Crippen LogP contribution in [-0.2, 0) is 15.9 Å². The predicted molar refractivity (Wildman–Crippen MR) is 204 cm³/mol. The third-order valence-electron chi connectivity index (χ3n) is 11.7. The van der Waals surface area contributed by atoms with Crippen LogP contribution in [0.4, 0.5) is 5.69 Å². The molecule has 270 valence electrons. The predicted octanol–water partition coefficient (Wildman–Crippen LogP) is 8.21. The molecule has 2 aromatic rings. The zero-order valence-electron chi connectivity index (χ0n) is 30.2. The van der Waals surface area contributed by atoms with Crippen LogP contribution in [0.2, 0.25) is 5.02 Å². The van der Waals surface area contributed by atoms with E-state index in [0.29, 0.717) is 35.8 Å². The lowest BCUT2D eigenvalue weighted by molar-refractivity contribution is -0.141. The Bertz CT molecular complexity index is 1460. The summed E-state index contributed by atoms with van der Waals surface area (Å²) in [5.41, 5.74) is 4.30. The number of fused-ring (bicyclic) bond motifs is 3. The Labute approximate surface area is 302 Å². The van der Waals surface area contributed by atoms with Crippen LogP contribution in [0.1, 0.15) is 101 Å². The van der Waals surface area contributed by atoms with Gasteiger partial charge in [-0.05, 0) is 91.3 Å². The molecule has 9 unspecified atom stereocenters. The van der Waals surface area contributed by atoms with Gasteiger partial charge in [0.25, 0.3) is 5.91 Å². The average molecular weight is 712 g/mol. The second-order valence-corrected chi connectivity index (χ2v) is 16.9. The molecule has 9 heteroatoms. The Morgan fingerprint density at radius 3 is 2.47 bits per heavy atom. The van der Waals surface area contributed by atoms with Crippen molar-refractivity contribution in [1.82, 2.24) is 10.0 Å². The summed E-state index contributed by atoms with van der Waals surface area (Å²) in [6.45, 7) is 14.9. The first-order valence-corrected chi connectivity index (χ1v) is 20.8. The van der Waals surface area contributed by atoms with Crippen LogP contribution in [0.5, 0.6) is 5.75 Å².